The van der Waals surface area contributed by atoms with E-state index in [2.05, 4.69) is 4.98 Å². The molecule has 0 saturated heterocycles. The van der Waals surface area contributed by atoms with Crippen LogP contribution in [0, 0.1) is 0 Å². The van der Waals surface area contributed by atoms with Crippen LogP contribution in [-0.2, 0) is 11.2 Å². The Morgan fingerprint density at radius 2 is 1.85 bits per heavy atom. The molecule has 3 aromatic carbocycles. The van der Waals surface area contributed by atoms with E-state index in [1.807, 2.05) is 78.9 Å². The molecule has 0 amide bonds. The van der Waals surface area contributed by atoms with Gasteiger partial charge in [-0.3, -0.25) is 0 Å². The highest BCUT2D eigenvalue weighted by molar-refractivity contribution is 6.31. The second-order valence-electron chi connectivity index (χ2n) is 7.78. The largest absolute Gasteiger partial charge is 0.465 e. The number of aromatic nitrogens is 1. The lowest BCUT2D eigenvalue weighted by Gasteiger charge is -2.13. The van der Waals surface area contributed by atoms with Crippen LogP contribution in [0.3, 0.4) is 0 Å². The molecule has 0 aliphatic heterocycles. The molecule has 1 heterocycles. The lowest BCUT2D eigenvalue weighted by molar-refractivity contribution is 0.0599. The van der Waals surface area contributed by atoms with Crippen molar-refractivity contribution in [3.8, 4) is 0 Å². The third-order valence-corrected chi connectivity index (χ3v) is 5.76. The zero-order chi connectivity index (χ0) is 23.2. The molecule has 0 bridgehead atoms. The van der Waals surface area contributed by atoms with Crippen LogP contribution < -0.4 is 0 Å². The Hall–Kier alpha value is -3.47. The first kappa shape index (κ1) is 22.7. The number of aryl methyl sites for hydroxylation is 1. The first-order valence-electron chi connectivity index (χ1n) is 10.7. The molecule has 4 rings (SSSR count). The number of pyridine rings is 1. The minimum absolute atomic E-state index is 0.364. The Balaban J connectivity index is 1.46. The smallest absolute Gasteiger partial charge is 0.338 e. The normalized spacial score (nSPS) is 12.2. The molecule has 0 fully saturated rings. The molecule has 166 valence electrons. The number of carbonyl (C=O) groups excluding carboxylic acids is 1. The molecule has 0 spiro atoms. The fraction of sp³-hybridized carbons (Fsp3) is 0.143. The average Bonchev–Trinajstić information content (AvgIpc) is 2.85. The molecule has 4 nitrogen and oxygen atoms in total. The first-order valence-corrected chi connectivity index (χ1v) is 11.1. The van der Waals surface area contributed by atoms with Crippen LogP contribution in [0.5, 0.6) is 0 Å². The summed E-state index contributed by atoms with van der Waals surface area (Å²) < 4.78 is 4.86. The van der Waals surface area contributed by atoms with Crippen molar-refractivity contribution >= 4 is 40.6 Å². The third-order valence-electron chi connectivity index (χ3n) is 5.53. The summed E-state index contributed by atoms with van der Waals surface area (Å²) in [5.74, 6) is -0.364. The van der Waals surface area contributed by atoms with E-state index >= 15 is 0 Å². The molecule has 1 aromatic heterocycles. The van der Waals surface area contributed by atoms with E-state index in [0.717, 1.165) is 33.3 Å². The standard InChI is InChI=1S/C28H24ClNO3/c1-33-28(32)25-8-3-2-6-20(25)12-16-27(31)22-7-4-5-19(17-22)9-14-24-15-11-21-10-13-23(29)18-26(21)30-24/h2-11,13-15,17-18,27,31H,12,16H2,1H3/b14-9-/t27-/m0/s1. The van der Waals surface area contributed by atoms with Crippen molar-refractivity contribution in [2.45, 2.75) is 18.9 Å². The molecule has 0 aliphatic rings. The zero-order valence-electron chi connectivity index (χ0n) is 18.2. The summed E-state index contributed by atoms with van der Waals surface area (Å²) in [6.45, 7) is 0. The van der Waals surface area contributed by atoms with Crippen LogP contribution in [0.4, 0.5) is 0 Å². The first-order chi connectivity index (χ1) is 16.0. The van der Waals surface area contributed by atoms with Crippen LogP contribution in [0.15, 0.2) is 78.9 Å². The molecule has 0 unspecified atom stereocenters. The van der Waals surface area contributed by atoms with Gasteiger partial charge in [-0.2, -0.15) is 0 Å². The molecular formula is C28H24ClNO3. The highest BCUT2D eigenvalue weighted by Crippen LogP contribution is 2.23. The van der Waals surface area contributed by atoms with E-state index in [1.165, 1.54) is 7.11 Å². The summed E-state index contributed by atoms with van der Waals surface area (Å²) in [4.78, 5) is 16.6. The maximum atomic E-state index is 12.0. The Bertz CT molecular complexity index is 1320. The molecular weight excluding hydrogens is 434 g/mol. The van der Waals surface area contributed by atoms with Gasteiger partial charge in [0.05, 0.1) is 30.0 Å². The number of methoxy groups -OCH3 is 1. The van der Waals surface area contributed by atoms with Crippen LogP contribution in [0.2, 0.25) is 5.02 Å². The highest BCUT2D eigenvalue weighted by atomic mass is 35.5. The van der Waals surface area contributed by atoms with Gasteiger partial charge in [-0.25, -0.2) is 9.78 Å². The molecule has 5 heteroatoms. The number of aliphatic hydroxyl groups is 1. The van der Waals surface area contributed by atoms with Gasteiger partial charge in [0.2, 0.25) is 0 Å². The molecule has 1 N–H and O–H groups in total. The number of aliphatic hydroxyl groups excluding tert-OH is 1. The number of rotatable bonds is 7. The van der Waals surface area contributed by atoms with E-state index in [9.17, 15) is 9.90 Å². The lowest BCUT2D eigenvalue weighted by atomic mass is 9.97. The topological polar surface area (TPSA) is 59.4 Å². The molecule has 0 aliphatic carbocycles. The zero-order valence-corrected chi connectivity index (χ0v) is 19.0. The number of nitrogens with zero attached hydrogens (tertiary/aromatic N) is 1. The van der Waals surface area contributed by atoms with Crippen molar-refractivity contribution in [3.05, 3.63) is 112 Å². The number of ether oxygens (including phenoxy) is 1. The van der Waals surface area contributed by atoms with Crippen LogP contribution in [0.1, 0.15) is 45.3 Å². The van der Waals surface area contributed by atoms with Crippen molar-refractivity contribution in [2.75, 3.05) is 7.11 Å². The summed E-state index contributed by atoms with van der Waals surface area (Å²) >= 11 is 6.08. The number of hydrogen-bond donors (Lipinski definition) is 1. The fourth-order valence-corrected chi connectivity index (χ4v) is 3.92. The van der Waals surface area contributed by atoms with Gasteiger partial charge in [-0.05, 0) is 65.9 Å². The molecule has 0 saturated carbocycles. The summed E-state index contributed by atoms with van der Waals surface area (Å²) in [5, 5.41) is 12.5. The predicted octanol–water partition coefficient (Wildman–Crippen LogP) is 6.51. The van der Waals surface area contributed by atoms with Gasteiger partial charge >= 0.3 is 5.97 Å². The van der Waals surface area contributed by atoms with Crippen molar-refractivity contribution in [2.24, 2.45) is 0 Å². The number of hydrogen-bond acceptors (Lipinski definition) is 4. The van der Waals surface area contributed by atoms with Gasteiger partial charge in [-0.1, -0.05) is 66.2 Å². The summed E-state index contributed by atoms with van der Waals surface area (Å²) in [6, 6.07) is 24.7. The van der Waals surface area contributed by atoms with Gasteiger partial charge < -0.3 is 9.84 Å². The Morgan fingerprint density at radius 1 is 1.03 bits per heavy atom. The van der Waals surface area contributed by atoms with Crippen LogP contribution in [-0.4, -0.2) is 23.2 Å². The van der Waals surface area contributed by atoms with E-state index < -0.39 is 6.10 Å². The second kappa shape index (κ2) is 10.4. The van der Waals surface area contributed by atoms with Crippen molar-refractivity contribution in [1.82, 2.24) is 4.98 Å². The minimum Gasteiger partial charge on any atom is -0.465 e. The van der Waals surface area contributed by atoms with Gasteiger partial charge in [0.1, 0.15) is 0 Å². The Kier molecular flexibility index (Phi) is 7.18. The number of benzene rings is 3. The monoisotopic (exact) mass is 457 g/mol. The lowest BCUT2D eigenvalue weighted by Crippen LogP contribution is -2.07. The van der Waals surface area contributed by atoms with Gasteiger partial charge in [0.15, 0.2) is 0 Å². The van der Waals surface area contributed by atoms with Crippen LogP contribution >= 0.6 is 11.6 Å². The number of fused-ring (bicyclic) bond motifs is 1. The minimum atomic E-state index is -0.648. The van der Waals surface area contributed by atoms with Crippen molar-refractivity contribution in [3.63, 3.8) is 0 Å². The highest BCUT2D eigenvalue weighted by Gasteiger charge is 2.14. The van der Waals surface area contributed by atoms with E-state index in [0.29, 0.717) is 23.4 Å². The van der Waals surface area contributed by atoms with Crippen molar-refractivity contribution < 1.29 is 14.6 Å². The van der Waals surface area contributed by atoms with Gasteiger partial charge in [0.25, 0.3) is 0 Å². The Morgan fingerprint density at radius 3 is 2.70 bits per heavy atom. The molecule has 0 radical (unpaired) electrons. The number of halogens is 1. The fourth-order valence-electron chi connectivity index (χ4n) is 3.76. The van der Waals surface area contributed by atoms with E-state index in [4.69, 9.17) is 16.3 Å². The average molecular weight is 458 g/mol. The Labute approximate surface area is 198 Å². The molecule has 4 aromatic rings. The quantitative estimate of drug-likeness (QED) is 0.321. The van der Waals surface area contributed by atoms with Crippen molar-refractivity contribution in [1.29, 1.82) is 0 Å². The summed E-state index contributed by atoms with van der Waals surface area (Å²) in [6.07, 6.45) is 4.33. The molecule has 1 atom stereocenters. The van der Waals surface area contributed by atoms with E-state index in [-0.39, 0.29) is 5.97 Å². The molecule has 33 heavy (non-hydrogen) atoms. The second-order valence-corrected chi connectivity index (χ2v) is 8.22. The third kappa shape index (κ3) is 5.67. The van der Waals surface area contributed by atoms with Gasteiger partial charge in [-0.15, -0.1) is 0 Å². The summed E-state index contributed by atoms with van der Waals surface area (Å²) in [7, 11) is 1.37. The predicted molar refractivity (Wildman–Crippen MR) is 133 cm³/mol. The maximum absolute atomic E-state index is 12.0. The van der Waals surface area contributed by atoms with Crippen LogP contribution in [0.25, 0.3) is 23.1 Å². The maximum Gasteiger partial charge on any atom is 0.338 e. The van der Waals surface area contributed by atoms with E-state index in [1.54, 1.807) is 12.1 Å². The summed E-state index contributed by atoms with van der Waals surface area (Å²) in [5.41, 5.74) is 4.87. The van der Waals surface area contributed by atoms with Gasteiger partial charge in [0, 0.05) is 10.4 Å². The number of esters is 1. The SMILES string of the molecule is COC(=O)c1ccccc1CC[C@H](O)c1cccc(/C=C\c2ccc3ccc(Cl)cc3n2)c1. The number of carbonyl (C=O) groups is 1.